The Labute approximate surface area is 72.5 Å². The number of nitrogens with two attached hydrogens (primary N) is 1. The Morgan fingerprint density at radius 1 is 1.75 bits per heavy atom. The van der Waals surface area contributed by atoms with E-state index in [1.807, 2.05) is 0 Å². The van der Waals surface area contributed by atoms with E-state index in [2.05, 4.69) is 10.1 Å². The maximum atomic E-state index is 11.1. The highest BCUT2D eigenvalue weighted by atomic mass is 16.5. The summed E-state index contributed by atoms with van der Waals surface area (Å²) in [5, 5.41) is 3.10. The minimum atomic E-state index is -0.173. The lowest BCUT2D eigenvalue weighted by atomic mass is 9.93. The Morgan fingerprint density at radius 3 is 3.08 bits per heavy atom. The molecule has 12 heavy (non-hydrogen) atoms. The van der Waals surface area contributed by atoms with Crippen LogP contribution in [-0.2, 0) is 9.53 Å². The fraction of sp³-hybridized carbons (Fsp3) is 0.875. The van der Waals surface area contributed by atoms with Gasteiger partial charge in [0.1, 0.15) is 6.04 Å². The number of methoxy groups -OCH3 is 1. The number of carbonyl (C=O) groups is 1. The summed E-state index contributed by atoms with van der Waals surface area (Å²) in [5.74, 6) is 0.295. The van der Waals surface area contributed by atoms with Gasteiger partial charge < -0.3 is 15.8 Å². The molecular weight excluding hydrogens is 156 g/mol. The van der Waals surface area contributed by atoms with Crippen molar-refractivity contribution >= 4 is 5.97 Å². The van der Waals surface area contributed by atoms with Crippen LogP contribution >= 0.6 is 0 Å². The molecule has 1 fully saturated rings. The van der Waals surface area contributed by atoms with E-state index in [1.165, 1.54) is 7.11 Å². The molecule has 3 N–H and O–H groups in total. The standard InChI is InChI=1S/C8H16N2O2/c1-12-8(11)7-4-6(5-9)2-3-10-7/h6-7,10H,2-5,9H2,1H3. The number of hydrogen-bond donors (Lipinski definition) is 2. The molecule has 1 rings (SSSR count). The quantitative estimate of drug-likeness (QED) is 0.550. The fourth-order valence-corrected chi connectivity index (χ4v) is 1.53. The predicted octanol–water partition coefficient (Wildman–Crippen LogP) is -0.514. The Kier molecular flexibility index (Phi) is 3.49. The van der Waals surface area contributed by atoms with E-state index < -0.39 is 0 Å². The van der Waals surface area contributed by atoms with Crippen molar-refractivity contribution in [2.45, 2.75) is 18.9 Å². The summed E-state index contributed by atoms with van der Waals surface area (Å²) in [7, 11) is 1.41. The number of ether oxygens (including phenoxy) is 1. The number of esters is 1. The summed E-state index contributed by atoms with van der Waals surface area (Å²) in [6.07, 6.45) is 1.87. The van der Waals surface area contributed by atoms with E-state index in [-0.39, 0.29) is 12.0 Å². The van der Waals surface area contributed by atoms with Gasteiger partial charge >= 0.3 is 5.97 Å². The summed E-state index contributed by atoms with van der Waals surface area (Å²) >= 11 is 0. The normalized spacial score (nSPS) is 29.8. The van der Waals surface area contributed by atoms with Crippen LogP contribution in [0.4, 0.5) is 0 Å². The second kappa shape index (κ2) is 4.42. The molecule has 1 saturated heterocycles. The van der Waals surface area contributed by atoms with Gasteiger partial charge in [-0.1, -0.05) is 0 Å². The lowest BCUT2D eigenvalue weighted by molar-refractivity contribution is -0.144. The second-order valence-corrected chi connectivity index (χ2v) is 3.16. The average Bonchev–Trinajstić information content (AvgIpc) is 2.17. The van der Waals surface area contributed by atoms with Crippen LogP contribution in [0.2, 0.25) is 0 Å². The topological polar surface area (TPSA) is 64.3 Å². The molecule has 0 aromatic carbocycles. The molecule has 1 aliphatic rings. The van der Waals surface area contributed by atoms with Crippen LogP contribution < -0.4 is 11.1 Å². The zero-order chi connectivity index (χ0) is 8.97. The molecule has 0 bridgehead atoms. The number of carbonyl (C=O) groups excluding carboxylic acids is 1. The zero-order valence-corrected chi connectivity index (χ0v) is 7.38. The molecule has 0 aliphatic carbocycles. The van der Waals surface area contributed by atoms with E-state index in [0.29, 0.717) is 12.5 Å². The van der Waals surface area contributed by atoms with Gasteiger partial charge in [0, 0.05) is 0 Å². The van der Waals surface area contributed by atoms with Gasteiger partial charge in [0.15, 0.2) is 0 Å². The van der Waals surface area contributed by atoms with E-state index >= 15 is 0 Å². The zero-order valence-electron chi connectivity index (χ0n) is 7.38. The van der Waals surface area contributed by atoms with Crippen LogP contribution in [0.3, 0.4) is 0 Å². The molecule has 0 aromatic rings. The summed E-state index contributed by atoms with van der Waals surface area (Å²) in [4.78, 5) is 11.1. The maximum absolute atomic E-state index is 11.1. The van der Waals surface area contributed by atoms with Gasteiger partial charge in [0.2, 0.25) is 0 Å². The van der Waals surface area contributed by atoms with Crippen molar-refractivity contribution in [1.82, 2.24) is 5.32 Å². The van der Waals surface area contributed by atoms with Crippen LogP contribution in [0.1, 0.15) is 12.8 Å². The highest BCUT2D eigenvalue weighted by Crippen LogP contribution is 2.15. The predicted molar refractivity (Wildman–Crippen MR) is 45.6 cm³/mol. The lowest BCUT2D eigenvalue weighted by Gasteiger charge is -2.27. The third-order valence-electron chi connectivity index (χ3n) is 2.33. The Bertz CT molecular complexity index is 161. The molecule has 4 heteroatoms. The van der Waals surface area contributed by atoms with Crippen LogP contribution in [-0.4, -0.2) is 32.2 Å². The van der Waals surface area contributed by atoms with Crippen LogP contribution in [0.25, 0.3) is 0 Å². The largest absolute Gasteiger partial charge is 0.468 e. The first kappa shape index (κ1) is 9.48. The summed E-state index contributed by atoms with van der Waals surface area (Å²) < 4.78 is 4.64. The molecule has 70 valence electrons. The Hall–Kier alpha value is -0.610. The molecule has 0 spiro atoms. The first-order chi connectivity index (χ1) is 5.77. The molecule has 2 atom stereocenters. The smallest absolute Gasteiger partial charge is 0.322 e. The molecule has 0 aromatic heterocycles. The first-order valence-corrected chi connectivity index (χ1v) is 4.29. The molecule has 0 radical (unpaired) electrons. The van der Waals surface area contributed by atoms with Crippen LogP contribution in [0.15, 0.2) is 0 Å². The fourth-order valence-electron chi connectivity index (χ4n) is 1.53. The van der Waals surface area contributed by atoms with Crippen molar-refractivity contribution in [2.24, 2.45) is 11.7 Å². The van der Waals surface area contributed by atoms with Gasteiger partial charge in [-0.25, -0.2) is 0 Å². The van der Waals surface area contributed by atoms with Crippen LogP contribution in [0.5, 0.6) is 0 Å². The minimum Gasteiger partial charge on any atom is -0.468 e. The third kappa shape index (κ3) is 2.19. The van der Waals surface area contributed by atoms with Gasteiger partial charge in [-0.15, -0.1) is 0 Å². The molecule has 2 unspecified atom stereocenters. The highest BCUT2D eigenvalue weighted by molar-refractivity contribution is 5.75. The summed E-state index contributed by atoms with van der Waals surface area (Å²) in [6, 6.07) is -0.141. The summed E-state index contributed by atoms with van der Waals surface area (Å²) in [5.41, 5.74) is 5.53. The number of piperidine rings is 1. The molecular formula is C8H16N2O2. The van der Waals surface area contributed by atoms with Gasteiger partial charge in [0.25, 0.3) is 0 Å². The molecule has 0 saturated carbocycles. The maximum Gasteiger partial charge on any atom is 0.322 e. The SMILES string of the molecule is COC(=O)C1CC(CN)CCN1. The van der Waals surface area contributed by atoms with Gasteiger partial charge in [0.05, 0.1) is 7.11 Å². The number of nitrogens with one attached hydrogen (secondary N) is 1. The van der Waals surface area contributed by atoms with Crippen molar-refractivity contribution in [3.63, 3.8) is 0 Å². The average molecular weight is 172 g/mol. The minimum absolute atomic E-state index is 0.141. The Morgan fingerprint density at radius 2 is 2.50 bits per heavy atom. The van der Waals surface area contributed by atoms with Gasteiger partial charge in [-0.05, 0) is 31.8 Å². The number of rotatable bonds is 2. The molecule has 4 nitrogen and oxygen atoms in total. The van der Waals surface area contributed by atoms with E-state index in [0.717, 1.165) is 19.4 Å². The summed E-state index contributed by atoms with van der Waals surface area (Å²) in [6.45, 7) is 1.52. The van der Waals surface area contributed by atoms with Crippen molar-refractivity contribution < 1.29 is 9.53 Å². The van der Waals surface area contributed by atoms with E-state index in [4.69, 9.17) is 5.73 Å². The van der Waals surface area contributed by atoms with Gasteiger partial charge in [-0.2, -0.15) is 0 Å². The van der Waals surface area contributed by atoms with E-state index in [1.54, 1.807) is 0 Å². The van der Waals surface area contributed by atoms with Gasteiger partial charge in [-0.3, -0.25) is 4.79 Å². The monoisotopic (exact) mass is 172 g/mol. The molecule has 0 amide bonds. The number of hydrogen-bond acceptors (Lipinski definition) is 4. The van der Waals surface area contributed by atoms with Crippen LogP contribution in [0, 0.1) is 5.92 Å². The van der Waals surface area contributed by atoms with Crippen molar-refractivity contribution in [3.05, 3.63) is 0 Å². The first-order valence-electron chi connectivity index (χ1n) is 4.29. The molecule has 1 heterocycles. The second-order valence-electron chi connectivity index (χ2n) is 3.16. The molecule has 1 aliphatic heterocycles. The lowest BCUT2D eigenvalue weighted by Crippen LogP contribution is -2.45. The third-order valence-corrected chi connectivity index (χ3v) is 2.33. The highest BCUT2D eigenvalue weighted by Gasteiger charge is 2.26. The van der Waals surface area contributed by atoms with Crippen molar-refractivity contribution in [3.8, 4) is 0 Å². The van der Waals surface area contributed by atoms with Crippen molar-refractivity contribution in [1.29, 1.82) is 0 Å². The van der Waals surface area contributed by atoms with Crippen molar-refractivity contribution in [2.75, 3.05) is 20.2 Å². The van der Waals surface area contributed by atoms with E-state index in [9.17, 15) is 4.79 Å². The Balaban J connectivity index is 2.40.